The molecule has 4 nitrogen and oxygen atoms in total. The van der Waals surface area contributed by atoms with Crippen LogP contribution in [-0.2, 0) is 4.79 Å². The molecule has 0 saturated carbocycles. The number of carbonyl (C=O) groups excluding carboxylic acids is 1. The van der Waals surface area contributed by atoms with Crippen molar-refractivity contribution in [2.24, 2.45) is 5.73 Å². The Morgan fingerprint density at radius 1 is 1.50 bits per heavy atom. The van der Waals surface area contributed by atoms with Gasteiger partial charge in [0.15, 0.2) is 0 Å². The van der Waals surface area contributed by atoms with Gasteiger partial charge in [0.05, 0.1) is 5.69 Å². The van der Waals surface area contributed by atoms with Gasteiger partial charge in [0.1, 0.15) is 6.04 Å². The van der Waals surface area contributed by atoms with E-state index in [2.05, 4.69) is 18.2 Å². The third-order valence-corrected chi connectivity index (χ3v) is 3.97. The number of nitrogens with zero attached hydrogens (tertiary/aromatic N) is 2. The Hall–Kier alpha value is -1.20. The van der Waals surface area contributed by atoms with E-state index >= 15 is 0 Å². The topological polar surface area (TPSA) is 49.6 Å². The van der Waals surface area contributed by atoms with Crippen molar-refractivity contribution in [1.29, 1.82) is 0 Å². The van der Waals surface area contributed by atoms with E-state index in [-0.39, 0.29) is 5.91 Å². The van der Waals surface area contributed by atoms with Gasteiger partial charge in [-0.15, -0.1) is 0 Å². The number of benzene rings is 1. The fourth-order valence-electron chi connectivity index (χ4n) is 2.14. The van der Waals surface area contributed by atoms with Crippen molar-refractivity contribution >= 4 is 29.0 Å². The number of amides is 1. The summed E-state index contributed by atoms with van der Waals surface area (Å²) in [7, 11) is 3.84. The van der Waals surface area contributed by atoms with Crippen LogP contribution in [-0.4, -0.2) is 38.6 Å². The molecule has 1 atom stereocenters. The van der Waals surface area contributed by atoms with E-state index in [0.717, 1.165) is 29.2 Å². The lowest BCUT2D eigenvalue weighted by molar-refractivity contribution is -0.118. The summed E-state index contributed by atoms with van der Waals surface area (Å²) in [6.45, 7) is 0.990. The molecular weight excluding hydrogens is 246 g/mol. The summed E-state index contributed by atoms with van der Waals surface area (Å²) >= 11 is 1.83. The summed E-state index contributed by atoms with van der Waals surface area (Å²) in [6, 6.07) is 5.54. The summed E-state index contributed by atoms with van der Waals surface area (Å²) in [5.41, 5.74) is 8.85. The summed E-state index contributed by atoms with van der Waals surface area (Å²) < 4.78 is 0. The van der Waals surface area contributed by atoms with Crippen LogP contribution in [0.15, 0.2) is 18.2 Å². The van der Waals surface area contributed by atoms with Gasteiger partial charge in [0.2, 0.25) is 5.91 Å². The minimum atomic E-state index is -0.504. The molecule has 0 aliphatic carbocycles. The monoisotopic (exact) mass is 265 g/mol. The van der Waals surface area contributed by atoms with Gasteiger partial charge in [-0.05, 0) is 18.4 Å². The maximum absolute atomic E-state index is 11.8. The molecule has 2 N–H and O–H groups in total. The van der Waals surface area contributed by atoms with Crippen LogP contribution >= 0.6 is 11.8 Å². The van der Waals surface area contributed by atoms with E-state index in [1.54, 1.807) is 11.9 Å². The zero-order valence-corrected chi connectivity index (χ0v) is 11.8. The number of hydrogen-bond donors (Lipinski definition) is 1. The first kappa shape index (κ1) is 13.2. The van der Waals surface area contributed by atoms with E-state index in [4.69, 9.17) is 5.73 Å². The van der Waals surface area contributed by atoms with Crippen molar-refractivity contribution < 1.29 is 4.79 Å². The Bertz CT molecular complexity index is 464. The Labute approximate surface area is 112 Å². The van der Waals surface area contributed by atoms with Crippen molar-refractivity contribution in [3.63, 3.8) is 0 Å². The van der Waals surface area contributed by atoms with Crippen molar-refractivity contribution in [3.05, 3.63) is 23.8 Å². The molecule has 5 heteroatoms. The predicted octanol–water partition coefficient (Wildman–Crippen LogP) is 1.46. The van der Waals surface area contributed by atoms with Gasteiger partial charge in [-0.25, -0.2) is 0 Å². The van der Waals surface area contributed by atoms with E-state index in [1.807, 2.05) is 30.0 Å². The second-order valence-corrected chi connectivity index (χ2v) is 5.52. The standard InChI is InChI=1S/C13H19N3OS/c1-15(6-7-18-3)9-4-5-10-11(8-9)16(2)13(17)12(10)14/h4-5,8,12H,6-7,14H2,1-3H3. The number of carbonyl (C=O) groups is 1. The highest BCUT2D eigenvalue weighted by molar-refractivity contribution is 7.98. The lowest BCUT2D eigenvalue weighted by Crippen LogP contribution is -2.27. The number of anilines is 2. The molecule has 1 amide bonds. The van der Waals surface area contributed by atoms with Crippen LogP contribution in [0.5, 0.6) is 0 Å². The quantitative estimate of drug-likeness (QED) is 0.895. The number of hydrogen-bond acceptors (Lipinski definition) is 4. The molecule has 1 aliphatic rings. The third-order valence-electron chi connectivity index (χ3n) is 3.38. The lowest BCUT2D eigenvalue weighted by Gasteiger charge is -2.20. The maximum Gasteiger partial charge on any atom is 0.248 e. The van der Waals surface area contributed by atoms with Gasteiger partial charge < -0.3 is 15.5 Å². The van der Waals surface area contributed by atoms with E-state index < -0.39 is 6.04 Å². The Morgan fingerprint density at radius 2 is 2.22 bits per heavy atom. The second-order valence-electron chi connectivity index (χ2n) is 4.53. The van der Waals surface area contributed by atoms with E-state index in [9.17, 15) is 4.79 Å². The van der Waals surface area contributed by atoms with Crippen LogP contribution in [0.1, 0.15) is 11.6 Å². The Morgan fingerprint density at radius 3 is 2.89 bits per heavy atom. The average molecular weight is 265 g/mol. The average Bonchev–Trinajstić information content (AvgIpc) is 2.61. The summed E-state index contributed by atoms with van der Waals surface area (Å²) in [6.07, 6.45) is 2.10. The summed E-state index contributed by atoms with van der Waals surface area (Å²) in [4.78, 5) is 15.6. The SMILES string of the molecule is CSCCN(C)c1ccc2c(c1)N(C)C(=O)C2N. The highest BCUT2D eigenvalue weighted by atomic mass is 32.2. The van der Waals surface area contributed by atoms with Gasteiger partial charge in [-0.3, -0.25) is 4.79 Å². The summed E-state index contributed by atoms with van der Waals surface area (Å²) in [5, 5.41) is 0. The molecule has 1 aromatic carbocycles. The first-order valence-corrected chi connectivity index (χ1v) is 7.33. The normalized spacial score (nSPS) is 18.1. The molecule has 18 heavy (non-hydrogen) atoms. The van der Waals surface area contributed by atoms with Crippen LogP contribution in [0.4, 0.5) is 11.4 Å². The fraction of sp³-hybridized carbons (Fsp3) is 0.462. The van der Waals surface area contributed by atoms with Crippen molar-refractivity contribution in [3.8, 4) is 0 Å². The molecule has 1 aromatic rings. The summed E-state index contributed by atoms with van der Waals surface area (Å²) in [5.74, 6) is 1.05. The predicted molar refractivity (Wildman–Crippen MR) is 78.4 cm³/mol. The molecule has 1 aliphatic heterocycles. The zero-order valence-electron chi connectivity index (χ0n) is 11.0. The molecule has 1 unspecified atom stereocenters. The van der Waals surface area contributed by atoms with E-state index in [1.165, 1.54) is 0 Å². The second kappa shape index (κ2) is 5.20. The zero-order chi connectivity index (χ0) is 13.3. The first-order valence-electron chi connectivity index (χ1n) is 5.93. The fourth-order valence-corrected chi connectivity index (χ4v) is 2.60. The van der Waals surface area contributed by atoms with Gasteiger partial charge in [-0.1, -0.05) is 6.07 Å². The first-order chi connectivity index (χ1) is 8.56. The highest BCUT2D eigenvalue weighted by Gasteiger charge is 2.32. The molecule has 0 fully saturated rings. The van der Waals surface area contributed by atoms with Crippen LogP contribution in [0, 0.1) is 0 Å². The largest absolute Gasteiger partial charge is 0.374 e. The number of thioether (sulfide) groups is 1. The molecule has 0 radical (unpaired) electrons. The molecule has 0 spiro atoms. The number of fused-ring (bicyclic) bond motifs is 1. The molecule has 0 saturated heterocycles. The third kappa shape index (κ3) is 2.20. The van der Waals surface area contributed by atoms with E-state index in [0.29, 0.717) is 0 Å². The van der Waals surface area contributed by atoms with Gasteiger partial charge in [0, 0.05) is 37.6 Å². The minimum absolute atomic E-state index is 0.0334. The minimum Gasteiger partial charge on any atom is -0.374 e. The van der Waals surface area contributed by atoms with Crippen LogP contribution in [0.3, 0.4) is 0 Å². The number of nitrogens with two attached hydrogens (primary N) is 1. The molecule has 0 bridgehead atoms. The Kier molecular flexibility index (Phi) is 3.82. The van der Waals surface area contributed by atoms with Crippen molar-refractivity contribution in [1.82, 2.24) is 0 Å². The molecule has 1 heterocycles. The Balaban J connectivity index is 2.26. The molecular formula is C13H19N3OS. The smallest absolute Gasteiger partial charge is 0.248 e. The lowest BCUT2D eigenvalue weighted by atomic mass is 10.1. The van der Waals surface area contributed by atoms with Gasteiger partial charge in [-0.2, -0.15) is 11.8 Å². The van der Waals surface area contributed by atoms with Crippen LogP contribution in [0.2, 0.25) is 0 Å². The molecule has 98 valence electrons. The number of likely N-dealkylation sites (N-methyl/N-ethyl adjacent to an activating group) is 1. The molecule has 0 aromatic heterocycles. The van der Waals surface area contributed by atoms with Crippen molar-refractivity contribution in [2.75, 3.05) is 42.4 Å². The van der Waals surface area contributed by atoms with Crippen LogP contribution < -0.4 is 15.5 Å². The molecule has 2 rings (SSSR count). The number of rotatable bonds is 4. The van der Waals surface area contributed by atoms with Gasteiger partial charge >= 0.3 is 0 Å². The highest BCUT2D eigenvalue weighted by Crippen LogP contribution is 2.36. The maximum atomic E-state index is 11.8. The van der Waals surface area contributed by atoms with Gasteiger partial charge in [0.25, 0.3) is 0 Å². The van der Waals surface area contributed by atoms with Crippen molar-refractivity contribution in [2.45, 2.75) is 6.04 Å². The van der Waals surface area contributed by atoms with Crippen LogP contribution in [0.25, 0.3) is 0 Å².